The minimum Gasteiger partial charge on any atom is -0.497 e. The summed E-state index contributed by atoms with van der Waals surface area (Å²) in [5.41, 5.74) is 1.17. The minimum atomic E-state index is -0.397. The Morgan fingerprint density at radius 1 is 1.17 bits per heavy atom. The molecule has 0 unspecified atom stereocenters. The molecule has 0 aliphatic heterocycles. The Hall–Kier alpha value is -2.60. The summed E-state index contributed by atoms with van der Waals surface area (Å²) >= 11 is 3.38. The van der Waals surface area contributed by atoms with Gasteiger partial charge in [-0.05, 0) is 48.5 Å². The number of nitrogens with one attached hydrogen (secondary N) is 2. The highest BCUT2D eigenvalue weighted by atomic mass is 79.9. The molecule has 0 saturated carbocycles. The number of carbonyl (C=O) groups excluding carboxylic acids is 1. The molecule has 1 heterocycles. The molecule has 0 atom stereocenters. The molecule has 3 rings (SSSR count). The number of hydrogen-bond acceptors (Lipinski definition) is 4. The average molecular weight is 373 g/mol. The van der Waals surface area contributed by atoms with Gasteiger partial charge in [0.05, 0.1) is 7.11 Å². The predicted molar refractivity (Wildman–Crippen MR) is 90.7 cm³/mol. The number of amides is 1. The van der Waals surface area contributed by atoms with E-state index >= 15 is 0 Å². The monoisotopic (exact) mass is 372 g/mol. The van der Waals surface area contributed by atoms with Gasteiger partial charge in [-0.1, -0.05) is 15.9 Å². The summed E-state index contributed by atoms with van der Waals surface area (Å²) in [7, 11) is 1.58. The number of fused-ring (bicyclic) bond motifs is 1. The number of halogens is 1. The van der Waals surface area contributed by atoms with E-state index in [2.05, 4.69) is 21.2 Å². The summed E-state index contributed by atoms with van der Waals surface area (Å²) < 4.78 is 11.4. The summed E-state index contributed by atoms with van der Waals surface area (Å²) in [5.74, 6) is 0.306. The van der Waals surface area contributed by atoms with Crippen LogP contribution in [0.2, 0.25) is 0 Å². The van der Waals surface area contributed by atoms with Crippen LogP contribution in [0.15, 0.2) is 57.4 Å². The number of methoxy groups -OCH3 is 1. The van der Waals surface area contributed by atoms with Crippen LogP contribution >= 0.6 is 15.9 Å². The molecule has 5 nitrogen and oxygen atoms in total. The number of hydrogen-bond donors (Lipinski definition) is 2. The Morgan fingerprint density at radius 3 is 2.61 bits per heavy atom. The van der Waals surface area contributed by atoms with E-state index in [1.807, 2.05) is 12.1 Å². The van der Waals surface area contributed by atoms with Gasteiger partial charge in [0.2, 0.25) is 5.55 Å². The third-order valence-corrected chi connectivity index (χ3v) is 3.81. The molecule has 0 aliphatic carbocycles. The minimum absolute atomic E-state index is 0.173. The lowest BCUT2D eigenvalue weighted by molar-refractivity contribution is 0.102. The van der Waals surface area contributed by atoms with Crippen LogP contribution in [0.3, 0.4) is 0 Å². The first kappa shape index (κ1) is 15.3. The van der Waals surface area contributed by atoms with Gasteiger partial charge < -0.3 is 14.5 Å². The molecule has 23 heavy (non-hydrogen) atoms. The van der Waals surface area contributed by atoms with Gasteiger partial charge >= 0.3 is 0 Å². The van der Waals surface area contributed by atoms with Gasteiger partial charge in [0.15, 0.2) is 0 Å². The van der Waals surface area contributed by atoms with E-state index < -0.39 is 5.91 Å². The molecule has 3 aromatic rings. The molecule has 2 N–H and O–H groups in total. The van der Waals surface area contributed by atoms with Crippen LogP contribution in [0.5, 0.6) is 5.75 Å². The molecule has 1 amide bonds. The van der Waals surface area contributed by atoms with Crippen LogP contribution in [-0.4, -0.2) is 13.0 Å². The summed E-state index contributed by atoms with van der Waals surface area (Å²) in [6, 6.07) is 14.0. The zero-order valence-corrected chi connectivity index (χ0v) is 13.8. The fourth-order valence-corrected chi connectivity index (χ4v) is 2.53. The van der Waals surface area contributed by atoms with Gasteiger partial charge in [0.25, 0.3) is 5.91 Å². The molecule has 0 aliphatic rings. The second-order valence-corrected chi connectivity index (χ2v) is 5.77. The van der Waals surface area contributed by atoms with Crippen molar-refractivity contribution in [1.29, 1.82) is 5.41 Å². The van der Waals surface area contributed by atoms with E-state index in [1.54, 1.807) is 43.5 Å². The topological polar surface area (TPSA) is 75.3 Å². The lowest BCUT2D eigenvalue weighted by atomic mass is 10.1. The number of benzene rings is 2. The standard InChI is InChI=1S/C17H13BrN2O3/c1-22-13-5-3-12(4-6-13)20-17(21)14-9-10-8-11(18)2-7-15(10)23-16(14)19/h2-9,19H,1H3,(H,20,21). The lowest BCUT2D eigenvalue weighted by Crippen LogP contribution is -2.20. The molecule has 0 radical (unpaired) electrons. The molecule has 2 aromatic carbocycles. The van der Waals surface area contributed by atoms with E-state index in [1.165, 1.54) is 0 Å². The summed E-state index contributed by atoms with van der Waals surface area (Å²) in [5, 5.41) is 11.4. The van der Waals surface area contributed by atoms with Crippen molar-refractivity contribution in [2.24, 2.45) is 0 Å². The first-order valence-corrected chi connectivity index (χ1v) is 7.59. The quantitative estimate of drug-likeness (QED) is 0.730. The zero-order chi connectivity index (χ0) is 16.4. The van der Waals surface area contributed by atoms with Gasteiger partial charge in [-0.3, -0.25) is 10.2 Å². The normalized spacial score (nSPS) is 10.5. The van der Waals surface area contributed by atoms with Crippen LogP contribution in [0.1, 0.15) is 10.4 Å². The summed E-state index contributed by atoms with van der Waals surface area (Å²) in [6.45, 7) is 0. The number of anilines is 1. The summed E-state index contributed by atoms with van der Waals surface area (Å²) in [6.07, 6.45) is 0. The van der Waals surface area contributed by atoms with Crippen molar-refractivity contribution in [3.63, 3.8) is 0 Å². The molecular formula is C17H13BrN2O3. The van der Waals surface area contributed by atoms with E-state index in [0.29, 0.717) is 17.0 Å². The van der Waals surface area contributed by atoms with Gasteiger partial charge in [-0.25, -0.2) is 0 Å². The SMILES string of the molecule is COc1ccc(NC(=O)c2cc3cc(Br)ccc3oc2=N)cc1. The predicted octanol–water partition coefficient (Wildman–Crippen LogP) is 3.94. The Balaban J connectivity index is 1.93. The Morgan fingerprint density at radius 2 is 1.91 bits per heavy atom. The molecule has 1 aromatic heterocycles. The van der Waals surface area contributed by atoms with Crippen LogP contribution in [0, 0.1) is 5.41 Å². The Labute approximate surface area is 140 Å². The van der Waals surface area contributed by atoms with Gasteiger partial charge in [-0.2, -0.15) is 0 Å². The third kappa shape index (κ3) is 3.27. The van der Waals surface area contributed by atoms with E-state index in [-0.39, 0.29) is 11.1 Å². The third-order valence-electron chi connectivity index (χ3n) is 3.32. The molecule has 0 saturated heterocycles. The van der Waals surface area contributed by atoms with Crippen LogP contribution in [0.25, 0.3) is 11.0 Å². The van der Waals surface area contributed by atoms with Crippen molar-refractivity contribution < 1.29 is 13.9 Å². The van der Waals surface area contributed by atoms with E-state index in [9.17, 15) is 4.79 Å². The second-order valence-electron chi connectivity index (χ2n) is 4.85. The maximum atomic E-state index is 12.4. The van der Waals surface area contributed by atoms with Gasteiger partial charge in [0.1, 0.15) is 16.9 Å². The fourth-order valence-electron chi connectivity index (χ4n) is 2.15. The Kier molecular flexibility index (Phi) is 4.16. The first-order valence-electron chi connectivity index (χ1n) is 6.80. The smallest absolute Gasteiger partial charge is 0.261 e. The van der Waals surface area contributed by atoms with Gasteiger partial charge in [0, 0.05) is 15.5 Å². The maximum Gasteiger partial charge on any atom is 0.261 e. The number of carbonyl (C=O) groups is 1. The van der Waals surface area contributed by atoms with Crippen LogP contribution in [-0.2, 0) is 0 Å². The van der Waals surface area contributed by atoms with Crippen molar-refractivity contribution in [2.75, 3.05) is 12.4 Å². The van der Waals surface area contributed by atoms with E-state index in [4.69, 9.17) is 14.6 Å². The molecular weight excluding hydrogens is 360 g/mol. The number of ether oxygens (including phenoxy) is 1. The highest BCUT2D eigenvalue weighted by molar-refractivity contribution is 9.10. The van der Waals surface area contributed by atoms with Crippen molar-refractivity contribution in [2.45, 2.75) is 0 Å². The van der Waals surface area contributed by atoms with Crippen LogP contribution in [0.4, 0.5) is 5.69 Å². The Bertz CT molecular complexity index is 933. The van der Waals surface area contributed by atoms with E-state index in [0.717, 1.165) is 9.86 Å². The molecule has 0 spiro atoms. The van der Waals surface area contributed by atoms with Crippen LogP contribution < -0.4 is 15.6 Å². The number of rotatable bonds is 3. The first-order chi connectivity index (χ1) is 11.1. The fraction of sp³-hybridized carbons (Fsp3) is 0.0588. The maximum absolute atomic E-state index is 12.4. The zero-order valence-electron chi connectivity index (χ0n) is 12.2. The molecule has 6 heteroatoms. The average Bonchev–Trinajstić information content (AvgIpc) is 2.55. The van der Waals surface area contributed by atoms with Crippen molar-refractivity contribution in [3.8, 4) is 5.75 Å². The molecule has 0 bridgehead atoms. The molecule has 116 valence electrons. The highest BCUT2D eigenvalue weighted by Crippen LogP contribution is 2.20. The second kappa shape index (κ2) is 6.26. The van der Waals surface area contributed by atoms with Crippen molar-refractivity contribution in [3.05, 3.63) is 64.1 Å². The van der Waals surface area contributed by atoms with Crippen molar-refractivity contribution >= 4 is 38.5 Å². The van der Waals surface area contributed by atoms with Crippen molar-refractivity contribution in [1.82, 2.24) is 0 Å². The lowest BCUT2D eigenvalue weighted by Gasteiger charge is -2.07. The molecule has 0 fully saturated rings. The van der Waals surface area contributed by atoms with Gasteiger partial charge in [-0.15, -0.1) is 0 Å². The summed E-state index contributed by atoms with van der Waals surface area (Å²) in [4.78, 5) is 12.4. The highest BCUT2D eigenvalue weighted by Gasteiger charge is 2.12. The largest absolute Gasteiger partial charge is 0.497 e.